The van der Waals surface area contributed by atoms with E-state index in [0.29, 0.717) is 6.54 Å². The van der Waals surface area contributed by atoms with E-state index in [4.69, 9.17) is 11.5 Å². The van der Waals surface area contributed by atoms with Gasteiger partial charge in [-0.05, 0) is 31.4 Å². The number of para-hydroxylation sites is 1. The summed E-state index contributed by atoms with van der Waals surface area (Å²) in [6.07, 6.45) is 4.04. The molecule has 5 N–H and O–H groups in total. The molecular formula is C14H20N4O3. The second-order valence-corrected chi connectivity index (χ2v) is 5.36. The largest absolute Gasteiger partial charge is 0.393 e. The van der Waals surface area contributed by atoms with E-state index in [-0.39, 0.29) is 34.8 Å². The fraction of sp³-hybridized carbons (Fsp3) is 0.500. The zero-order valence-corrected chi connectivity index (χ0v) is 11.7. The van der Waals surface area contributed by atoms with Crippen LogP contribution in [-0.2, 0) is 0 Å². The van der Waals surface area contributed by atoms with Crippen molar-refractivity contribution in [3.8, 4) is 0 Å². The van der Waals surface area contributed by atoms with Crippen LogP contribution < -0.4 is 16.8 Å². The lowest BCUT2D eigenvalue weighted by Crippen LogP contribution is -2.44. The van der Waals surface area contributed by atoms with Gasteiger partial charge >= 0.3 is 0 Å². The van der Waals surface area contributed by atoms with Gasteiger partial charge in [-0.3, -0.25) is 14.9 Å². The van der Waals surface area contributed by atoms with Crippen LogP contribution in [0.1, 0.15) is 36.0 Å². The lowest BCUT2D eigenvalue weighted by Gasteiger charge is -2.31. The van der Waals surface area contributed by atoms with Gasteiger partial charge in [-0.15, -0.1) is 0 Å². The van der Waals surface area contributed by atoms with E-state index >= 15 is 0 Å². The summed E-state index contributed by atoms with van der Waals surface area (Å²) in [5.74, 6) is -0.121. The number of carbonyl (C=O) groups excluding carboxylic acids is 1. The van der Waals surface area contributed by atoms with Gasteiger partial charge in [0.05, 0.1) is 10.5 Å². The third-order valence-electron chi connectivity index (χ3n) is 4.05. The summed E-state index contributed by atoms with van der Waals surface area (Å²) in [6, 6.07) is 4.26. The first-order valence-corrected chi connectivity index (χ1v) is 7.08. The van der Waals surface area contributed by atoms with Crippen LogP contribution in [0, 0.1) is 16.0 Å². The maximum atomic E-state index is 12.3. The lowest BCUT2D eigenvalue weighted by molar-refractivity contribution is -0.383. The number of nitrogens with one attached hydrogen (secondary N) is 1. The van der Waals surface area contributed by atoms with Crippen LogP contribution in [0.25, 0.3) is 0 Å². The van der Waals surface area contributed by atoms with Gasteiger partial charge in [0.1, 0.15) is 5.69 Å². The quantitative estimate of drug-likeness (QED) is 0.440. The number of benzene rings is 1. The van der Waals surface area contributed by atoms with E-state index in [2.05, 4.69) is 5.32 Å². The van der Waals surface area contributed by atoms with Gasteiger partial charge in [-0.25, -0.2) is 0 Å². The minimum Gasteiger partial charge on any atom is -0.393 e. The fourth-order valence-electron chi connectivity index (χ4n) is 2.84. The number of hydrogen-bond acceptors (Lipinski definition) is 5. The number of nitrogen functional groups attached to an aromatic ring is 1. The molecule has 0 aromatic heterocycles. The predicted octanol–water partition coefficient (Wildman–Crippen LogP) is 1.42. The zero-order chi connectivity index (χ0) is 15.4. The van der Waals surface area contributed by atoms with Crippen molar-refractivity contribution in [2.24, 2.45) is 11.7 Å². The van der Waals surface area contributed by atoms with Gasteiger partial charge in [-0.1, -0.05) is 18.9 Å². The van der Waals surface area contributed by atoms with E-state index in [9.17, 15) is 14.9 Å². The molecular weight excluding hydrogens is 272 g/mol. The Morgan fingerprint density at radius 3 is 2.76 bits per heavy atom. The summed E-state index contributed by atoms with van der Waals surface area (Å²) in [4.78, 5) is 22.6. The zero-order valence-electron chi connectivity index (χ0n) is 11.7. The number of hydrogen-bond donors (Lipinski definition) is 3. The molecule has 1 amide bonds. The predicted molar refractivity (Wildman–Crippen MR) is 79.8 cm³/mol. The summed E-state index contributed by atoms with van der Waals surface area (Å²) < 4.78 is 0. The van der Waals surface area contributed by atoms with Crippen LogP contribution in [0.15, 0.2) is 18.2 Å². The van der Waals surface area contributed by atoms with Crippen molar-refractivity contribution < 1.29 is 9.72 Å². The molecule has 1 fully saturated rings. The second-order valence-electron chi connectivity index (χ2n) is 5.36. The Morgan fingerprint density at radius 1 is 1.38 bits per heavy atom. The number of rotatable bonds is 4. The molecule has 0 heterocycles. The summed E-state index contributed by atoms with van der Waals surface area (Å²) >= 11 is 0. The van der Waals surface area contributed by atoms with Gasteiger partial charge in [0.25, 0.3) is 11.6 Å². The van der Waals surface area contributed by atoms with E-state index < -0.39 is 4.92 Å². The van der Waals surface area contributed by atoms with Crippen molar-refractivity contribution >= 4 is 17.3 Å². The van der Waals surface area contributed by atoms with Crippen molar-refractivity contribution in [2.45, 2.75) is 31.7 Å². The van der Waals surface area contributed by atoms with Gasteiger partial charge in [0.15, 0.2) is 0 Å². The minimum absolute atomic E-state index is 0.00918. The van der Waals surface area contributed by atoms with E-state index in [1.807, 2.05) is 0 Å². The molecule has 7 heteroatoms. The molecule has 7 nitrogen and oxygen atoms in total. The van der Waals surface area contributed by atoms with Crippen LogP contribution in [0.3, 0.4) is 0 Å². The average Bonchev–Trinajstić information content (AvgIpc) is 2.47. The molecule has 21 heavy (non-hydrogen) atoms. The Bertz CT molecular complexity index is 547. The number of anilines is 1. The Hall–Kier alpha value is -2.15. The van der Waals surface area contributed by atoms with Gasteiger partial charge in [-0.2, -0.15) is 0 Å². The van der Waals surface area contributed by atoms with Crippen LogP contribution in [-0.4, -0.2) is 23.4 Å². The molecule has 114 valence electrons. The van der Waals surface area contributed by atoms with Crippen molar-refractivity contribution in [1.29, 1.82) is 0 Å². The Kier molecular flexibility index (Phi) is 4.74. The first-order valence-electron chi connectivity index (χ1n) is 7.08. The van der Waals surface area contributed by atoms with E-state index in [1.54, 1.807) is 0 Å². The molecule has 0 aliphatic heterocycles. The van der Waals surface area contributed by atoms with Crippen LogP contribution in [0.2, 0.25) is 0 Å². The Labute approximate surface area is 122 Å². The first kappa shape index (κ1) is 15.2. The van der Waals surface area contributed by atoms with Crippen molar-refractivity contribution in [3.63, 3.8) is 0 Å². The number of nitro groups is 1. The molecule has 0 bridgehead atoms. The molecule has 2 rings (SSSR count). The molecule has 0 spiro atoms. The molecule has 1 aromatic rings. The summed E-state index contributed by atoms with van der Waals surface area (Å²) in [6.45, 7) is 0.523. The number of nitrogens with two attached hydrogens (primary N) is 2. The molecule has 2 unspecified atom stereocenters. The fourth-order valence-corrected chi connectivity index (χ4v) is 2.84. The number of nitrogens with zero attached hydrogens (tertiary/aromatic N) is 1. The smallest absolute Gasteiger partial charge is 0.292 e. The van der Waals surface area contributed by atoms with Crippen molar-refractivity contribution in [2.75, 3.05) is 12.3 Å². The molecule has 2 atom stereocenters. The SMILES string of the molecule is NCC1CCCCC1NC(=O)c1cccc([N+](=O)[O-])c1N. The molecule has 1 saturated carbocycles. The highest BCUT2D eigenvalue weighted by molar-refractivity contribution is 6.01. The van der Waals surface area contributed by atoms with Crippen molar-refractivity contribution in [3.05, 3.63) is 33.9 Å². The number of carbonyl (C=O) groups is 1. The second kappa shape index (κ2) is 6.53. The molecule has 1 aromatic carbocycles. The summed E-state index contributed by atoms with van der Waals surface area (Å²) in [5, 5.41) is 13.8. The van der Waals surface area contributed by atoms with Crippen LogP contribution in [0.4, 0.5) is 11.4 Å². The molecule has 0 saturated heterocycles. The Morgan fingerprint density at radius 2 is 2.10 bits per heavy atom. The maximum Gasteiger partial charge on any atom is 0.292 e. The normalized spacial score (nSPS) is 21.8. The monoisotopic (exact) mass is 292 g/mol. The molecule has 0 radical (unpaired) electrons. The van der Waals surface area contributed by atoms with Crippen molar-refractivity contribution in [1.82, 2.24) is 5.32 Å². The standard InChI is InChI=1S/C14H20N4O3/c15-8-9-4-1-2-6-11(9)17-14(19)10-5-3-7-12(13(10)16)18(20)21/h3,5,7,9,11H,1-2,4,6,8,15-16H2,(H,17,19). The topological polar surface area (TPSA) is 124 Å². The summed E-state index contributed by atoms with van der Waals surface area (Å²) in [7, 11) is 0. The summed E-state index contributed by atoms with van der Waals surface area (Å²) in [5.41, 5.74) is 11.3. The van der Waals surface area contributed by atoms with E-state index in [1.165, 1.54) is 18.2 Å². The van der Waals surface area contributed by atoms with Gasteiger partial charge in [0.2, 0.25) is 0 Å². The van der Waals surface area contributed by atoms with Gasteiger partial charge < -0.3 is 16.8 Å². The highest BCUT2D eigenvalue weighted by Crippen LogP contribution is 2.27. The maximum absolute atomic E-state index is 12.3. The third kappa shape index (κ3) is 3.30. The van der Waals surface area contributed by atoms with Gasteiger partial charge in [0, 0.05) is 12.1 Å². The first-order chi connectivity index (χ1) is 10.0. The molecule has 1 aliphatic carbocycles. The number of nitro benzene ring substituents is 1. The van der Waals surface area contributed by atoms with Crippen LogP contribution in [0.5, 0.6) is 0 Å². The molecule has 1 aliphatic rings. The third-order valence-corrected chi connectivity index (χ3v) is 4.05. The number of amides is 1. The minimum atomic E-state index is -0.588. The van der Waals surface area contributed by atoms with E-state index in [0.717, 1.165) is 25.7 Å². The van der Waals surface area contributed by atoms with Crippen LogP contribution >= 0.6 is 0 Å². The highest BCUT2D eigenvalue weighted by atomic mass is 16.6. The highest BCUT2D eigenvalue weighted by Gasteiger charge is 2.27. The Balaban J connectivity index is 2.17. The average molecular weight is 292 g/mol. The lowest BCUT2D eigenvalue weighted by atomic mass is 9.84.